The molecular weight excluding hydrogens is 395 g/mol. The Morgan fingerprint density at radius 1 is 1.03 bits per heavy atom. The van der Waals surface area contributed by atoms with Crippen LogP contribution in [-0.2, 0) is 14.8 Å². The van der Waals surface area contributed by atoms with E-state index < -0.39 is 15.8 Å². The molecule has 1 saturated heterocycles. The van der Waals surface area contributed by atoms with Gasteiger partial charge in [-0.2, -0.15) is 0 Å². The monoisotopic (exact) mass is 420 g/mol. The number of sulfonamides is 1. The second kappa shape index (κ2) is 9.26. The third kappa shape index (κ3) is 5.06. The number of benzene rings is 2. The van der Waals surface area contributed by atoms with Gasteiger partial charge in [0.05, 0.1) is 17.2 Å². The molecule has 0 unspecified atom stereocenters. The normalized spacial score (nSPS) is 14.5. The van der Waals surface area contributed by atoms with Crippen molar-refractivity contribution >= 4 is 21.6 Å². The molecule has 0 spiro atoms. The fourth-order valence-corrected chi connectivity index (χ4v) is 4.70. The molecule has 0 bridgehead atoms. The quantitative estimate of drug-likeness (QED) is 0.688. The van der Waals surface area contributed by atoms with Crippen molar-refractivity contribution in [2.45, 2.75) is 31.1 Å². The zero-order valence-electron chi connectivity index (χ0n) is 16.4. The van der Waals surface area contributed by atoms with Gasteiger partial charge in [-0.15, -0.1) is 0 Å². The van der Waals surface area contributed by atoms with E-state index in [1.165, 1.54) is 36.4 Å². The van der Waals surface area contributed by atoms with Crippen LogP contribution in [0.3, 0.4) is 0 Å². The lowest BCUT2D eigenvalue weighted by atomic mass is 10.1. The Balaban J connectivity index is 1.92. The Hall–Kier alpha value is -2.61. The summed E-state index contributed by atoms with van der Waals surface area (Å²) in [6, 6.07) is 11.1. The lowest BCUT2D eigenvalue weighted by Crippen LogP contribution is -2.44. The maximum atomic E-state index is 13.4. The number of rotatable bonds is 7. The van der Waals surface area contributed by atoms with Gasteiger partial charge in [-0.25, -0.2) is 12.8 Å². The summed E-state index contributed by atoms with van der Waals surface area (Å²) in [6.45, 7) is 3.23. The van der Waals surface area contributed by atoms with E-state index in [1.54, 1.807) is 17.0 Å². The van der Waals surface area contributed by atoms with E-state index in [4.69, 9.17) is 4.74 Å². The fourth-order valence-electron chi connectivity index (χ4n) is 3.29. The van der Waals surface area contributed by atoms with Crippen LogP contribution >= 0.6 is 0 Å². The van der Waals surface area contributed by atoms with Crippen LogP contribution in [-0.4, -0.2) is 45.5 Å². The highest BCUT2D eigenvalue weighted by Crippen LogP contribution is 2.26. The van der Waals surface area contributed by atoms with Gasteiger partial charge in [-0.1, -0.05) is 0 Å². The molecule has 1 fully saturated rings. The van der Waals surface area contributed by atoms with Crippen molar-refractivity contribution in [3.63, 3.8) is 0 Å². The smallest absolute Gasteiger partial charge is 0.264 e. The number of anilines is 1. The average molecular weight is 421 g/mol. The van der Waals surface area contributed by atoms with E-state index in [0.717, 1.165) is 23.6 Å². The number of ether oxygens (including phenoxy) is 1. The van der Waals surface area contributed by atoms with Gasteiger partial charge in [-0.3, -0.25) is 9.10 Å². The molecule has 0 atom stereocenters. The first-order chi connectivity index (χ1) is 13.9. The molecule has 2 aromatic rings. The number of carbonyl (C=O) groups excluding carboxylic acids is 1. The van der Waals surface area contributed by atoms with Gasteiger partial charge in [0.25, 0.3) is 10.0 Å². The predicted molar refractivity (Wildman–Crippen MR) is 109 cm³/mol. The van der Waals surface area contributed by atoms with E-state index >= 15 is 0 Å². The third-order valence-corrected chi connectivity index (χ3v) is 6.61. The van der Waals surface area contributed by atoms with Crippen LogP contribution in [0.25, 0.3) is 0 Å². The molecule has 1 amide bonds. The van der Waals surface area contributed by atoms with Crippen molar-refractivity contribution in [2.75, 3.05) is 30.5 Å². The Morgan fingerprint density at radius 2 is 1.66 bits per heavy atom. The number of hydrogen-bond acceptors (Lipinski definition) is 4. The lowest BCUT2D eigenvalue weighted by molar-refractivity contribution is -0.130. The van der Waals surface area contributed by atoms with E-state index in [9.17, 15) is 17.6 Å². The molecule has 0 saturated carbocycles. The Morgan fingerprint density at radius 3 is 2.24 bits per heavy atom. The molecule has 0 aromatic heterocycles. The number of nitrogens with zero attached hydrogens (tertiary/aromatic N) is 2. The number of likely N-dealkylation sites (tertiary alicyclic amines) is 1. The summed E-state index contributed by atoms with van der Waals surface area (Å²) in [7, 11) is -4.02. The van der Waals surface area contributed by atoms with Crippen molar-refractivity contribution in [3.8, 4) is 5.75 Å². The van der Waals surface area contributed by atoms with Gasteiger partial charge < -0.3 is 9.64 Å². The molecule has 6 nitrogen and oxygen atoms in total. The first kappa shape index (κ1) is 21.1. The summed E-state index contributed by atoms with van der Waals surface area (Å²) >= 11 is 0. The van der Waals surface area contributed by atoms with Gasteiger partial charge in [0.2, 0.25) is 5.91 Å². The summed E-state index contributed by atoms with van der Waals surface area (Å²) in [4.78, 5) is 14.5. The first-order valence-electron chi connectivity index (χ1n) is 9.71. The standard InChI is InChI=1S/C21H25FN2O4S/c1-2-28-19-10-12-20(13-11-19)29(26,27)24(18-8-6-17(22)7-9-18)16-21(25)23-14-4-3-5-15-23/h6-13H,2-5,14-16H2,1H3. The largest absolute Gasteiger partial charge is 0.494 e. The molecule has 1 heterocycles. The minimum atomic E-state index is -4.02. The molecule has 156 valence electrons. The number of halogens is 1. The third-order valence-electron chi connectivity index (χ3n) is 4.82. The Bertz CT molecular complexity index is 924. The van der Waals surface area contributed by atoms with E-state index in [0.29, 0.717) is 25.4 Å². The van der Waals surface area contributed by atoms with Crippen LogP contribution in [0.4, 0.5) is 10.1 Å². The first-order valence-corrected chi connectivity index (χ1v) is 11.1. The minimum Gasteiger partial charge on any atom is -0.494 e. The van der Waals surface area contributed by atoms with Gasteiger partial charge >= 0.3 is 0 Å². The maximum absolute atomic E-state index is 13.4. The topological polar surface area (TPSA) is 66.9 Å². The predicted octanol–water partition coefficient (Wildman–Crippen LogP) is 3.43. The fraction of sp³-hybridized carbons (Fsp3) is 0.381. The highest BCUT2D eigenvalue weighted by Gasteiger charge is 2.29. The second-order valence-electron chi connectivity index (χ2n) is 6.83. The van der Waals surface area contributed by atoms with Crippen LogP contribution in [0.2, 0.25) is 0 Å². The molecule has 8 heteroatoms. The average Bonchev–Trinajstić information content (AvgIpc) is 2.74. The van der Waals surface area contributed by atoms with Gasteiger partial charge in [0.1, 0.15) is 18.1 Å². The van der Waals surface area contributed by atoms with Gasteiger partial charge in [0.15, 0.2) is 0 Å². The summed E-state index contributed by atoms with van der Waals surface area (Å²) in [5.41, 5.74) is 0.241. The van der Waals surface area contributed by atoms with E-state index in [2.05, 4.69) is 0 Å². The van der Waals surface area contributed by atoms with Crippen LogP contribution in [0, 0.1) is 5.82 Å². The molecule has 0 radical (unpaired) electrons. The number of amides is 1. The van der Waals surface area contributed by atoms with Crippen LogP contribution < -0.4 is 9.04 Å². The van der Waals surface area contributed by atoms with Crippen molar-refractivity contribution in [3.05, 3.63) is 54.3 Å². The summed E-state index contributed by atoms with van der Waals surface area (Å²) in [5, 5.41) is 0. The zero-order chi connectivity index (χ0) is 20.9. The van der Waals surface area contributed by atoms with E-state index in [-0.39, 0.29) is 23.0 Å². The SMILES string of the molecule is CCOc1ccc(S(=O)(=O)N(CC(=O)N2CCCCC2)c2ccc(F)cc2)cc1. The van der Waals surface area contributed by atoms with Crippen molar-refractivity contribution in [1.82, 2.24) is 4.90 Å². The van der Waals surface area contributed by atoms with E-state index in [1.807, 2.05) is 6.92 Å². The molecule has 0 N–H and O–H groups in total. The van der Waals surface area contributed by atoms with Gasteiger partial charge in [0, 0.05) is 13.1 Å². The minimum absolute atomic E-state index is 0.0386. The maximum Gasteiger partial charge on any atom is 0.264 e. The molecule has 29 heavy (non-hydrogen) atoms. The summed E-state index contributed by atoms with van der Waals surface area (Å²) in [5.74, 6) is -0.178. The molecular formula is C21H25FN2O4S. The Labute approximate surface area is 170 Å². The molecule has 1 aliphatic heterocycles. The van der Waals surface area contributed by atoms with Crippen molar-refractivity contribution in [1.29, 1.82) is 0 Å². The zero-order valence-corrected chi connectivity index (χ0v) is 17.2. The van der Waals surface area contributed by atoms with Crippen LogP contribution in [0.5, 0.6) is 5.75 Å². The van der Waals surface area contributed by atoms with Crippen molar-refractivity contribution < 1.29 is 22.3 Å². The number of piperidine rings is 1. The summed E-state index contributed by atoms with van der Waals surface area (Å²) < 4.78 is 46.4. The summed E-state index contributed by atoms with van der Waals surface area (Å²) in [6.07, 6.45) is 2.89. The lowest BCUT2D eigenvalue weighted by Gasteiger charge is -2.30. The Kier molecular flexibility index (Phi) is 6.74. The van der Waals surface area contributed by atoms with Crippen molar-refractivity contribution in [2.24, 2.45) is 0 Å². The molecule has 0 aliphatic carbocycles. The molecule has 1 aliphatic rings. The highest BCUT2D eigenvalue weighted by atomic mass is 32.2. The van der Waals surface area contributed by atoms with Crippen LogP contribution in [0.15, 0.2) is 53.4 Å². The molecule has 3 rings (SSSR count). The number of hydrogen-bond donors (Lipinski definition) is 0. The van der Waals surface area contributed by atoms with Gasteiger partial charge in [-0.05, 0) is 74.7 Å². The number of carbonyl (C=O) groups is 1. The molecule has 2 aromatic carbocycles. The second-order valence-corrected chi connectivity index (χ2v) is 8.70. The highest BCUT2D eigenvalue weighted by molar-refractivity contribution is 7.92. The van der Waals surface area contributed by atoms with Crippen LogP contribution in [0.1, 0.15) is 26.2 Å².